The smallest absolute Gasteiger partial charge is 0.283 e. The van der Waals surface area contributed by atoms with Gasteiger partial charge in [0.05, 0.1) is 30.7 Å². The molecule has 1 unspecified atom stereocenters. The van der Waals surface area contributed by atoms with Crippen LogP contribution in [-0.2, 0) is 26.8 Å². The van der Waals surface area contributed by atoms with Crippen molar-refractivity contribution < 1.29 is 40.0 Å². The van der Waals surface area contributed by atoms with E-state index in [2.05, 4.69) is 28.9 Å². The maximum atomic E-state index is 12.0. The molecule has 1 aliphatic heterocycles. The molecule has 0 amide bonds. The molecule has 0 spiro atoms. The Morgan fingerprint density at radius 2 is 1.68 bits per heavy atom. The van der Waals surface area contributed by atoms with E-state index in [1.807, 2.05) is 42.5 Å². The van der Waals surface area contributed by atoms with Crippen molar-refractivity contribution in [2.24, 2.45) is 5.92 Å². The minimum atomic E-state index is -4.33. The lowest BCUT2D eigenvalue weighted by Crippen LogP contribution is -2.38. The molecule has 3 aliphatic rings. The van der Waals surface area contributed by atoms with Crippen molar-refractivity contribution in [1.82, 2.24) is 0 Å². The number of thioether (sulfide) groups is 1. The molecule has 2 N–H and O–H groups in total. The number of hydrogen-bond donors (Lipinski definition) is 2. The Hall–Kier alpha value is -3.62. The highest BCUT2D eigenvalue weighted by Gasteiger charge is 2.32. The molecule has 47 heavy (non-hydrogen) atoms. The molecule has 10 nitrogen and oxygen atoms in total. The number of para-hydroxylation sites is 1. The number of benzene rings is 2. The topological polar surface area (TPSA) is 134 Å². The Morgan fingerprint density at radius 1 is 0.936 bits per heavy atom. The Morgan fingerprint density at radius 3 is 2.43 bits per heavy atom. The van der Waals surface area contributed by atoms with E-state index >= 15 is 0 Å². The Labute approximate surface area is 279 Å². The molecule has 2 heterocycles. The molecule has 1 atom stereocenters. The van der Waals surface area contributed by atoms with Crippen LogP contribution in [0.1, 0.15) is 37.8 Å². The summed E-state index contributed by atoms with van der Waals surface area (Å²) in [6.45, 7) is 0.439. The normalized spacial score (nSPS) is 19.8. The van der Waals surface area contributed by atoms with E-state index in [0.29, 0.717) is 34.7 Å². The zero-order valence-electron chi connectivity index (χ0n) is 26.1. The summed E-state index contributed by atoms with van der Waals surface area (Å²) in [5.74, 6) is 0.523. The first-order chi connectivity index (χ1) is 22.4. The molecule has 0 fully saturated rings. The van der Waals surface area contributed by atoms with Gasteiger partial charge in [0.1, 0.15) is 0 Å². The molecule has 248 valence electrons. The second-order valence-electron chi connectivity index (χ2n) is 11.9. The van der Waals surface area contributed by atoms with Gasteiger partial charge in [0.15, 0.2) is 23.9 Å². The zero-order chi connectivity index (χ0) is 33.3. The molecule has 2 aliphatic carbocycles. The highest BCUT2D eigenvalue weighted by molar-refractivity contribution is 8.03. The number of aromatic nitrogens is 1. The molecule has 0 saturated heterocycles. The molecule has 13 heteroatoms. The van der Waals surface area contributed by atoms with Gasteiger partial charge in [-0.2, -0.15) is 21.4 Å². The van der Waals surface area contributed by atoms with Crippen molar-refractivity contribution in [3.8, 4) is 11.5 Å². The van der Waals surface area contributed by atoms with Crippen LogP contribution in [0.2, 0.25) is 0 Å². The minimum absolute atomic E-state index is 0.285. The number of fused-ring (bicyclic) bond motifs is 3. The second-order valence-corrected chi connectivity index (χ2v) is 15.9. The SMILES string of the molecule is COc1cc2c(cc1OC)N(CS(=O)(=O)O)C(=CC1=CC3=CC(=Cc4ccc5ccccc5[n+]4CCCS(=O)(=O)O)CCC3CC1)S2. The lowest BCUT2D eigenvalue weighted by atomic mass is 9.77. The third kappa shape index (κ3) is 7.76. The van der Waals surface area contributed by atoms with Gasteiger partial charge in [0.2, 0.25) is 11.2 Å². The van der Waals surface area contributed by atoms with Crippen molar-refractivity contribution in [1.29, 1.82) is 0 Å². The molecular weight excluding hydrogens is 661 g/mol. The van der Waals surface area contributed by atoms with Gasteiger partial charge >= 0.3 is 0 Å². The van der Waals surface area contributed by atoms with Crippen LogP contribution in [-0.4, -0.2) is 51.8 Å². The average molecular weight is 698 g/mol. The van der Waals surface area contributed by atoms with Crippen molar-refractivity contribution in [3.05, 3.63) is 94.2 Å². The van der Waals surface area contributed by atoms with Gasteiger partial charge in [0.25, 0.3) is 20.2 Å². The number of anilines is 1. The molecule has 1 aromatic heterocycles. The minimum Gasteiger partial charge on any atom is -0.493 e. The lowest BCUT2D eigenvalue weighted by molar-refractivity contribution is -0.673. The molecule has 6 rings (SSSR count). The Kier molecular flexibility index (Phi) is 9.54. The van der Waals surface area contributed by atoms with Gasteiger partial charge < -0.3 is 14.4 Å². The monoisotopic (exact) mass is 697 g/mol. The summed E-state index contributed by atoms with van der Waals surface area (Å²) in [4.78, 5) is 2.39. The number of methoxy groups -OCH3 is 2. The highest BCUT2D eigenvalue weighted by Crippen LogP contribution is 2.51. The number of ether oxygens (including phenoxy) is 2. The Balaban J connectivity index is 1.33. The molecule has 3 aromatic rings. The third-order valence-electron chi connectivity index (χ3n) is 8.67. The second kappa shape index (κ2) is 13.5. The Bertz CT molecular complexity index is 2070. The van der Waals surface area contributed by atoms with Crippen LogP contribution in [0.15, 0.2) is 93.4 Å². The van der Waals surface area contributed by atoms with Crippen LogP contribution in [0.3, 0.4) is 0 Å². The van der Waals surface area contributed by atoms with Crippen molar-refractivity contribution in [2.45, 2.75) is 43.5 Å². The van der Waals surface area contributed by atoms with Gasteiger partial charge in [-0.25, -0.2) is 0 Å². The average Bonchev–Trinajstić information content (AvgIpc) is 3.34. The van der Waals surface area contributed by atoms with Crippen molar-refractivity contribution >= 4 is 54.7 Å². The van der Waals surface area contributed by atoms with Gasteiger partial charge in [-0.15, -0.1) is 0 Å². The first kappa shape index (κ1) is 33.3. The fourth-order valence-electron chi connectivity index (χ4n) is 6.48. The van der Waals surface area contributed by atoms with Crippen LogP contribution in [0.4, 0.5) is 5.69 Å². The number of aryl methyl sites for hydroxylation is 1. The third-order valence-corrected chi connectivity index (χ3v) is 11.1. The summed E-state index contributed by atoms with van der Waals surface area (Å²) in [5, 5.41) is 1.73. The summed E-state index contributed by atoms with van der Waals surface area (Å²) in [6.07, 6.45) is 12.6. The molecular formula is C34H37N2O8S3+. The van der Waals surface area contributed by atoms with E-state index in [0.717, 1.165) is 58.3 Å². The van der Waals surface area contributed by atoms with Crippen molar-refractivity contribution in [3.63, 3.8) is 0 Å². The van der Waals surface area contributed by atoms with Gasteiger partial charge in [0, 0.05) is 47.0 Å². The van der Waals surface area contributed by atoms with E-state index < -0.39 is 26.1 Å². The number of hydrogen-bond acceptors (Lipinski definition) is 8. The summed E-state index contributed by atoms with van der Waals surface area (Å²) in [7, 11) is -5.32. The van der Waals surface area contributed by atoms with E-state index in [1.54, 1.807) is 18.1 Å². The number of allylic oxidation sites excluding steroid dienone is 6. The van der Waals surface area contributed by atoms with Gasteiger partial charge in [-0.3, -0.25) is 9.11 Å². The fourth-order valence-corrected chi connectivity index (χ4v) is 8.81. The number of nitrogens with zero attached hydrogens (tertiary/aromatic N) is 2. The summed E-state index contributed by atoms with van der Waals surface area (Å²) in [6, 6.07) is 15.6. The van der Waals surface area contributed by atoms with E-state index in [-0.39, 0.29) is 12.2 Å². The maximum absolute atomic E-state index is 12.0. The predicted molar refractivity (Wildman–Crippen MR) is 184 cm³/mol. The number of rotatable bonds is 10. The maximum Gasteiger partial charge on any atom is 0.283 e. The lowest BCUT2D eigenvalue weighted by Gasteiger charge is -2.28. The van der Waals surface area contributed by atoms with Crippen LogP contribution in [0.25, 0.3) is 17.0 Å². The standard InChI is InChI=1S/C34H36N2O8S3/c1-43-31-20-30-33(21-32(31)44-2)45-34(36(30)22-47(40,41)42)19-24-9-11-25-10-8-23(16-27(25)17-24)18-28-13-12-26-6-3-4-7-29(26)35(28)14-5-15-46(37,38)39/h3-4,6-7,12-13,16-21,25H,5,8-11,14-15,22H2,1-2H3,(H-,37,38,39,40,41,42)/p+1. The fraction of sp³-hybridized carbons (Fsp3) is 0.324. The first-order valence-corrected chi connectivity index (χ1v) is 19.3. The van der Waals surface area contributed by atoms with Crippen LogP contribution in [0.5, 0.6) is 11.5 Å². The highest BCUT2D eigenvalue weighted by atomic mass is 32.2. The van der Waals surface area contributed by atoms with Crippen molar-refractivity contribution in [2.75, 3.05) is 30.7 Å². The van der Waals surface area contributed by atoms with Gasteiger partial charge in [-0.05, 0) is 66.5 Å². The summed E-state index contributed by atoms with van der Waals surface area (Å²) < 4.78 is 79.0. The first-order valence-electron chi connectivity index (χ1n) is 15.3. The molecule has 2 aromatic carbocycles. The quantitative estimate of drug-likeness (QED) is 0.187. The van der Waals surface area contributed by atoms with Crippen LogP contribution < -0.4 is 18.9 Å². The van der Waals surface area contributed by atoms with E-state index in [9.17, 15) is 25.9 Å². The van der Waals surface area contributed by atoms with Crippen LogP contribution >= 0.6 is 11.8 Å². The predicted octanol–water partition coefficient (Wildman–Crippen LogP) is 6.16. The largest absolute Gasteiger partial charge is 0.493 e. The zero-order valence-corrected chi connectivity index (χ0v) is 28.6. The van der Waals surface area contributed by atoms with Gasteiger partial charge in [-0.1, -0.05) is 36.0 Å². The van der Waals surface area contributed by atoms with Crippen LogP contribution in [0, 0.1) is 5.92 Å². The summed E-state index contributed by atoms with van der Waals surface area (Å²) >= 11 is 1.42. The summed E-state index contributed by atoms with van der Waals surface area (Å²) in [5.41, 5.74) is 6.00. The number of pyridine rings is 1. The van der Waals surface area contributed by atoms with E-state index in [1.165, 1.54) is 24.4 Å². The van der Waals surface area contributed by atoms with E-state index in [4.69, 9.17) is 9.47 Å². The molecule has 0 saturated carbocycles. The molecule has 0 radical (unpaired) electrons. The molecule has 0 bridgehead atoms.